The molecule has 0 unspecified atom stereocenters. The van der Waals surface area contributed by atoms with Gasteiger partial charge in [-0.25, -0.2) is 4.98 Å². The normalized spacial score (nSPS) is 11.8. The Balaban J connectivity index is 2.24. The summed E-state index contributed by atoms with van der Waals surface area (Å²) in [6.45, 7) is 1.94. The summed E-state index contributed by atoms with van der Waals surface area (Å²) in [5, 5.41) is 1.77. The first kappa shape index (κ1) is 12.1. The van der Waals surface area contributed by atoms with E-state index in [1.54, 1.807) is 5.38 Å². The summed E-state index contributed by atoms with van der Waals surface area (Å²) < 4.78 is 36.6. The van der Waals surface area contributed by atoms with Crippen LogP contribution in [0.2, 0.25) is 0 Å². The molecule has 0 aliphatic heterocycles. The van der Waals surface area contributed by atoms with Crippen LogP contribution in [0.5, 0.6) is 0 Å². The highest BCUT2D eigenvalue weighted by Gasteiger charge is 2.29. The van der Waals surface area contributed by atoms with Crippen LogP contribution < -0.4 is 0 Å². The minimum Gasteiger partial charge on any atom is -0.241 e. The SMILES string of the molecule is Cc1cccc(-c2csc(CC(F)(F)F)n2)c1. The zero-order valence-electron chi connectivity index (χ0n) is 9.08. The van der Waals surface area contributed by atoms with Crippen molar-refractivity contribution in [2.75, 3.05) is 0 Å². The molecule has 0 spiro atoms. The van der Waals surface area contributed by atoms with Gasteiger partial charge in [0.15, 0.2) is 0 Å². The molecule has 1 aromatic heterocycles. The van der Waals surface area contributed by atoms with Gasteiger partial charge < -0.3 is 0 Å². The maximum Gasteiger partial charge on any atom is 0.395 e. The van der Waals surface area contributed by atoms with Crippen LogP contribution in [0.15, 0.2) is 29.6 Å². The fraction of sp³-hybridized carbons (Fsp3) is 0.250. The largest absolute Gasteiger partial charge is 0.395 e. The molecule has 0 bridgehead atoms. The van der Waals surface area contributed by atoms with Crippen LogP contribution in [0, 0.1) is 6.92 Å². The average molecular weight is 257 g/mol. The fourth-order valence-electron chi connectivity index (χ4n) is 1.50. The topological polar surface area (TPSA) is 12.9 Å². The van der Waals surface area contributed by atoms with E-state index in [9.17, 15) is 13.2 Å². The van der Waals surface area contributed by atoms with Crippen LogP contribution in [0.1, 0.15) is 10.6 Å². The summed E-state index contributed by atoms with van der Waals surface area (Å²) >= 11 is 1.05. The van der Waals surface area contributed by atoms with Crippen molar-refractivity contribution in [3.05, 3.63) is 40.2 Å². The molecule has 0 amide bonds. The lowest BCUT2D eigenvalue weighted by molar-refractivity contribution is -0.127. The first-order valence-corrected chi connectivity index (χ1v) is 5.90. The molecule has 17 heavy (non-hydrogen) atoms. The minimum atomic E-state index is -4.19. The molecule has 1 nitrogen and oxygen atoms in total. The van der Waals surface area contributed by atoms with Gasteiger partial charge in [0, 0.05) is 10.9 Å². The smallest absolute Gasteiger partial charge is 0.241 e. The van der Waals surface area contributed by atoms with E-state index in [1.807, 2.05) is 31.2 Å². The van der Waals surface area contributed by atoms with Crippen molar-refractivity contribution in [1.29, 1.82) is 0 Å². The summed E-state index contributed by atoms with van der Waals surface area (Å²) in [4.78, 5) is 4.01. The number of alkyl halides is 3. The Kier molecular flexibility index (Phi) is 3.19. The third-order valence-electron chi connectivity index (χ3n) is 2.22. The molecule has 2 rings (SSSR count). The highest BCUT2D eigenvalue weighted by molar-refractivity contribution is 7.09. The molecule has 0 atom stereocenters. The quantitative estimate of drug-likeness (QED) is 0.784. The number of rotatable bonds is 2. The molecule has 0 fully saturated rings. The summed E-state index contributed by atoms with van der Waals surface area (Å²) in [6.07, 6.45) is -5.15. The number of aryl methyl sites for hydroxylation is 1. The van der Waals surface area contributed by atoms with Gasteiger partial charge in [0.1, 0.15) is 5.01 Å². The standard InChI is InChI=1S/C12H10F3NS/c1-8-3-2-4-9(5-8)10-7-17-11(16-10)6-12(13,14)15/h2-5,7H,6H2,1H3. The van der Waals surface area contributed by atoms with E-state index in [4.69, 9.17) is 0 Å². The molecule has 0 saturated carbocycles. The number of halogens is 3. The van der Waals surface area contributed by atoms with Gasteiger partial charge in [-0.2, -0.15) is 13.2 Å². The van der Waals surface area contributed by atoms with Gasteiger partial charge >= 0.3 is 6.18 Å². The predicted molar refractivity (Wildman–Crippen MR) is 62.0 cm³/mol. The number of benzene rings is 1. The van der Waals surface area contributed by atoms with Gasteiger partial charge in [-0.3, -0.25) is 0 Å². The summed E-state index contributed by atoms with van der Waals surface area (Å²) in [6, 6.07) is 7.56. The second kappa shape index (κ2) is 4.49. The average Bonchev–Trinajstić information content (AvgIpc) is 2.63. The van der Waals surface area contributed by atoms with Crippen LogP contribution >= 0.6 is 11.3 Å². The fourth-order valence-corrected chi connectivity index (χ4v) is 2.34. The lowest BCUT2D eigenvalue weighted by Gasteiger charge is -2.02. The molecule has 0 N–H and O–H groups in total. The molecule has 90 valence electrons. The third-order valence-corrected chi connectivity index (χ3v) is 3.07. The van der Waals surface area contributed by atoms with Crippen LogP contribution in [-0.4, -0.2) is 11.2 Å². The summed E-state index contributed by atoms with van der Waals surface area (Å²) in [5.74, 6) is 0. The van der Waals surface area contributed by atoms with Gasteiger partial charge in [-0.1, -0.05) is 23.8 Å². The van der Waals surface area contributed by atoms with E-state index in [1.165, 1.54) is 0 Å². The molecule has 1 aromatic carbocycles. The van der Waals surface area contributed by atoms with Crippen molar-refractivity contribution in [1.82, 2.24) is 4.98 Å². The lowest BCUT2D eigenvalue weighted by Crippen LogP contribution is -2.11. The molecule has 0 aliphatic rings. The van der Waals surface area contributed by atoms with Crippen LogP contribution in [-0.2, 0) is 6.42 Å². The predicted octanol–water partition coefficient (Wildman–Crippen LogP) is 4.22. The van der Waals surface area contributed by atoms with Crippen molar-refractivity contribution in [3.8, 4) is 11.3 Å². The Hall–Kier alpha value is -1.36. The zero-order valence-corrected chi connectivity index (χ0v) is 9.90. The second-order valence-corrected chi connectivity index (χ2v) is 4.73. The Morgan fingerprint density at radius 1 is 1.29 bits per heavy atom. The molecule has 5 heteroatoms. The van der Waals surface area contributed by atoms with Crippen molar-refractivity contribution >= 4 is 11.3 Å². The van der Waals surface area contributed by atoms with Gasteiger partial charge in [-0.15, -0.1) is 11.3 Å². The monoisotopic (exact) mass is 257 g/mol. The van der Waals surface area contributed by atoms with E-state index in [2.05, 4.69) is 4.98 Å². The van der Waals surface area contributed by atoms with Crippen molar-refractivity contribution in [2.45, 2.75) is 19.5 Å². The number of hydrogen-bond acceptors (Lipinski definition) is 2. The maximum absolute atomic E-state index is 12.2. The van der Waals surface area contributed by atoms with E-state index in [-0.39, 0.29) is 5.01 Å². The molecule has 2 aromatic rings. The molecule has 1 heterocycles. The molecule has 0 radical (unpaired) electrons. The van der Waals surface area contributed by atoms with Crippen molar-refractivity contribution in [3.63, 3.8) is 0 Å². The van der Waals surface area contributed by atoms with E-state index in [0.717, 1.165) is 22.5 Å². The van der Waals surface area contributed by atoms with E-state index in [0.29, 0.717) is 5.69 Å². The molecule has 0 aliphatic carbocycles. The first-order chi connectivity index (χ1) is 7.94. The van der Waals surface area contributed by atoms with Crippen LogP contribution in [0.4, 0.5) is 13.2 Å². The molecule has 0 saturated heterocycles. The Bertz CT molecular complexity index is 516. The number of aromatic nitrogens is 1. The summed E-state index contributed by atoms with van der Waals surface area (Å²) in [5.41, 5.74) is 2.53. The van der Waals surface area contributed by atoms with E-state index >= 15 is 0 Å². The van der Waals surface area contributed by atoms with Crippen LogP contribution in [0.3, 0.4) is 0 Å². The van der Waals surface area contributed by atoms with Crippen molar-refractivity contribution in [2.24, 2.45) is 0 Å². The summed E-state index contributed by atoms with van der Waals surface area (Å²) in [7, 11) is 0. The van der Waals surface area contributed by atoms with Crippen LogP contribution in [0.25, 0.3) is 11.3 Å². The molecular formula is C12H10F3NS. The van der Waals surface area contributed by atoms with Gasteiger partial charge in [-0.05, 0) is 13.0 Å². The number of hydrogen-bond donors (Lipinski definition) is 0. The van der Waals surface area contributed by atoms with Gasteiger partial charge in [0.2, 0.25) is 0 Å². The second-order valence-electron chi connectivity index (χ2n) is 3.79. The minimum absolute atomic E-state index is 0.106. The Morgan fingerprint density at radius 2 is 2.06 bits per heavy atom. The molecular weight excluding hydrogens is 247 g/mol. The third kappa shape index (κ3) is 3.30. The highest BCUT2D eigenvalue weighted by atomic mass is 32.1. The van der Waals surface area contributed by atoms with E-state index < -0.39 is 12.6 Å². The maximum atomic E-state index is 12.2. The lowest BCUT2D eigenvalue weighted by atomic mass is 10.1. The number of nitrogens with zero attached hydrogens (tertiary/aromatic N) is 1. The zero-order chi connectivity index (χ0) is 12.5. The van der Waals surface area contributed by atoms with Gasteiger partial charge in [0.05, 0.1) is 12.1 Å². The Morgan fingerprint density at radius 3 is 2.71 bits per heavy atom. The number of thiazole rings is 1. The van der Waals surface area contributed by atoms with Gasteiger partial charge in [0.25, 0.3) is 0 Å². The highest BCUT2D eigenvalue weighted by Crippen LogP contribution is 2.27. The first-order valence-electron chi connectivity index (χ1n) is 5.02. The Labute approximate surface area is 101 Å². The van der Waals surface area contributed by atoms with Crippen molar-refractivity contribution < 1.29 is 13.2 Å².